The first-order valence-corrected chi connectivity index (χ1v) is 23.3. The molecule has 3 aliphatic heterocycles. The number of aromatic nitrogens is 1. The highest BCUT2D eigenvalue weighted by Gasteiger charge is 2.41. The number of nitrogens with zero attached hydrogens (tertiary/aromatic N) is 4. The molecule has 0 aliphatic carbocycles. The predicted molar refractivity (Wildman–Crippen MR) is 246 cm³/mol. The average Bonchev–Trinajstić information content (AvgIpc) is 3.83. The van der Waals surface area contributed by atoms with Crippen molar-refractivity contribution < 1.29 is 54.9 Å². The zero-order chi connectivity index (χ0) is 50.4. The highest BCUT2D eigenvalue weighted by atomic mass is 32.2. The van der Waals surface area contributed by atoms with Crippen LogP contribution in [0.15, 0.2) is 36.0 Å². The molecule has 64 heavy (non-hydrogen) atoms. The number of cyclic esters (lactones) is 1. The average molecular weight is 954 g/mol. The number of urea groups is 1. The van der Waals surface area contributed by atoms with E-state index in [9.17, 15) is 45.6 Å². The molecule has 24 heteroatoms. The zero-order valence-corrected chi connectivity index (χ0v) is 42.1. The van der Waals surface area contributed by atoms with Gasteiger partial charge in [-0.1, -0.05) is 116 Å². The van der Waals surface area contributed by atoms with Crippen molar-refractivity contribution in [3.05, 3.63) is 22.2 Å². The van der Waals surface area contributed by atoms with E-state index in [-0.39, 0.29) is 46.5 Å². The molecule has 1 aromatic heterocycles. The number of hydrogen-bond acceptors (Lipinski definition) is 17. The molecule has 370 valence electrons. The van der Waals surface area contributed by atoms with E-state index in [1.807, 2.05) is 67.0 Å². The topological polar surface area (TPSA) is 316 Å². The molecule has 1 atom stereocenters. The summed E-state index contributed by atoms with van der Waals surface area (Å²) in [5.41, 5.74) is 0.327. The first-order valence-electron chi connectivity index (χ1n) is 19.5. The van der Waals surface area contributed by atoms with Gasteiger partial charge >= 0.3 is 18.1 Å². The fourth-order valence-electron chi connectivity index (χ4n) is 3.75. The van der Waals surface area contributed by atoms with Gasteiger partial charge in [0.15, 0.2) is 6.10 Å². The Kier molecular flexibility index (Phi) is 24.1. The first kappa shape index (κ1) is 63.3. The number of H-pyrrole nitrogens is 1. The van der Waals surface area contributed by atoms with E-state index >= 15 is 0 Å². The minimum atomic E-state index is -3.46. The Morgan fingerprint density at radius 3 is 1.41 bits per heavy atom. The molecule has 5 N–H and O–H groups in total. The molecule has 22 nitrogen and oxygen atoms in total. The fraction of sp³-hybridized carbons (Fsp3) is 0.750. The summed E-state index contributed by atoms with van der Waals surface area (Å²) in [4.78, 5) is 69.0. The summed E-state index contributed by atoms with van der Waals surface area (Å²) in [6.07, 6.45) is 0.944. The Morgan fingerprint density at radius 1 is 0.734 bits per heavy atom. The Hall–Kier alpha value is -5.00. The van der Waals surface area contributed by atoms with Crippen molar-refractivity contribution in [3.8, 4) is 0 Å². The monoisotopic (exact) mass is 953 g/mol. The Labute approximate surface area is 379 Å². The van der Waals surface area contributed by atoms with Gasteiger partial charge in [-0.25, -0.2) is 35.9 Å². The lowest BCUT2D eigenvalue weighted by molar-refractivity contribution is -0.140. The van der Waals surface area contributed by atoms with Gasteiger partial charge in [0, 0.05) is 38.7 Å². The Bertz CT molecular complexity index is 2110. The normalized spacial score (nSPS) is 16.1. The minimum Gasteiger partial charge on any atom is -0.435 e. The molecule has 0 spiro atoms. The second-order valence-corrected chi connectivity index (χ2v) is 24.1. The van der Waals surface area contributed by atoms with E-state index in [1.54, 1.807) is 46.3 Å². The first-order chi connectivity index (χ1) is 27.7. The lowest BCUT2D eigenvalue weighted by atomic mass is 9.88. The van der Waals surface area contributed by atoms with Crippen LogP contribution in [-0.2, 0) is 49.4 Å². The van der Waals surface area contributed by atoms with Crippen LogP contribution in [0, 0.1) is 21.7 Å². The van der Waals surface area contributed by atoms with E-state index in [1.165, 1.54) is 6.07 Å². The fourth-order valence-corrected chi connectivity index (χ4v) is 4.78. The highest BCUT2D eigenvalue weighted by molar-refractivity contribution is 7.89. The number of aromatic amines is 1. The summed E-state index contributed by atoms with van der Waals surface area (Å²) in [6, 6.07) is 0.769. The Morgan fingerprint density at radius 2 is 1.22 bits per heavy atom. The Balaban J connectivity index is -0.000000696. The maximum absolute atomic E-state index is 11.0. The van der Waals surface area contributed by atoms with Gasteiger partial charge in [-0.15, -0.1) is 5.10 Å². The molecule has 1 unspecified atom stereocenters. The van der Waals surface area contributed by atoms with Crippen molar-refractivity contribution in [2.45, 2.75) is 156 Å². The van der Waals surface area contributed by atoms with E-state index in [2.05, 4.69) is 62.0 Å². The van der Waals surface area contributed by atoms with Gasteiger partial charge in [0.05, 0.1) is 30.4 Å². The lowest BCUT2D eigenvalue weighted by Gasteiger charge is -2.21. The van der Waals surface area contributed by atoms with Gasteiger partial charge < -0.3 is 19.4 Å². The summed E-state index contributed by atoms with van der Waals surface area (Å²) in [5.74, 6) is -0.384. The quantitative estimate of drug-likeness (QED) is 0.216. The van der Waals surface area contributed by atoms with Crippen molar-refractivity contribution in [3.63, 3.8) is 0 Å². The molecule has 4 rings (SSSR count). The molecular weight excluding hydrogens is 879 g/mol. The van der Waals surface area contributed by atoms with E-state index in [0.717, 1.165) is 23.9 Å². The number of nitrogens with one attached hydrogen (secondary N) is 5. The number of imide groups is 1. The third kappa shape index (κ3) is 30.1. The zero-order valence-electron chi connectivity index (χ0n) is 40.5. The molecular formula is C40H75N9O13S2. The van der Waals surface area contributed by atoms with E-state index in [0.29, 0.717) is 18.7 Å². The number of ether oxygens (including phenoxy) is 1. The molecule has 1 aromatic rings. The van der Waals surface area contributed by atoms with Gasteiger partial charge in [-0.3, -0.25) is 24.4 Å². The second-order valence-electron chi connectivity index (χ2n) is 20.6. The van der Waals surface area contributed by atoms with Crippen LogP contribution in [0.25, 0.3) is 0 Å². The number of oxime groups is 1. The van der Waals surface area contributed by atoms with Crippen LogP contribution in [-0.4, -0.2) is 94.0 Å². The molecule has 0 aromatic carbocycles. The summed E-state index contributed by atoms with van der Waals surface area (Å²) in [5, 5.41) is 21.6. The number of carbonyl (C=O) groups is 5. The molecule has 3 aliphatic rings. The lowest BCUT2D eigenvalue weighted by Crippen LogP contribution is -2.47. The van der Waals surface area contributed by atoms with Crippen LogP contribution < -0.4 is 25.6 Å². The molecule has 4 heterocycles. The number of hydrogen-bond donors (Lipinski definition) is 5. The van der Waals surface area contributed by atoms with Crippen molar-refractivity contribution >= 4 is 61.4 Å². The van der Waals surface area contributed by atoms with Gasteiger partial charge in [-0.05, 0) is 26.0 Å². The van der Waals surface area contributed by atoms with Gasteiger partial charge in [0.2, 0.25) is 26.0 Å². The van der Waals surface area contributed by atoms with Crippen molar-refractivity contribution in [1.29, 1.82) is 0 Å². The molecule has 1 fully saturated rings. The predicted octanol–water partition coefficient (Wildman–Crippen LogP) is 5.91. The SMILES string of the molecule is C.CC(C)(C)C(=O)NS(C)(=O)=O.CC(C)(C)C1=NN=NC1.CC(C)(C)C1=NOC(=O)C1.CC(C)(C)C1OC(=O)NC1=O.CC(C)(C)NC(=O)NS(C)(=O)=O.CC(C)(C)c1cc(=O)[nH]o1. The maximum atomic E-state index is 11.0. The number of carbonyl (C=O) groups excluding carboxylic acids is 5. The molecule has 0 saturated carbocycles. The summed E-state index contributed by atoms with van der Waals surface area (Å²) < 4.78 is 55.5. The summed E-state index contributed by atoms with van der Waals surface area (Å²) in [6.45, 7) is 34.7. The molecule has 0 bridgehead atoms. The summed E-state index contributed by atoms with van der Waals surface area (Å²) in [7, 11) is -6.86. The second kappa shape index (κ2) is 24.3. The van der Waals surface area contributed by atoms with Crippen LogP contribution >= 0.6 is 0 Å². The number of sulfonamides is 2. The van der Waals surface area contributed by atoms with E-state index in [4.69, 9.17) is 9.26 Å². The van der Waals surface area contributed by atoms with Gasteiger partial charge in [0.1, 0.15) is 12.3 Å². The smallest absolute Gasteiger partial charge is 0.414 e. The van der Waals surface area contributed by atoms with E-state index < -0.39 is 55.1 Å². The van der Waals surface area contributed by atoms with Crippen LogP contribution in [0.5, 0.6) is 0 Å². The standard InChI is InChI=1S/C7H11NO3.2C7H11NO2.C6H11N3.C6H14N2O3S.C6H13NO3S.CH4/c1-7(2,3)4-5(9)8-6(10)11-4;1-7(2,3)5-4-6(9)8-10-5;1-7(2,3)5-4-6(9)10-8-5;1-6(2,3)5-4-7-9-8-5;1-6(2,3)7-5(9)8-12(4,10)11;1-6(2,3)5(8)7-11(4,9)10;/h4H,1-3H3,(H,8,9,10);4H,1-3H3,(H,8,9);4H2,1-3H3;4H2,1-3H3;1-4H3,(H2,7,8,9);1-4H3,(H,7,8);1H4. The highest BCUT2D eigenvalue weighted by Crippen LogP contribution is 2.25. The number of alkyl carbamates (subject to hydrolysis) is 1. The molecule has 0 radical (unpaired) electrons. The minimum absolute atomic E-state index is 0. The molecule has 1 saturated heterocycles. The third-order valence-corrected chi connectivity index (χ3v) is 8.33. The largest absolute Gasteiger partial charge is 0.435 e. The van der Waals surface area contributed by atoms with Crippen LogP contribution in [0.1, 0.15) is 144 Å². The van der Waals surface area contributed by atoms with Gasteiger partial charge in [0.25, 0.3) is 11.5 Å². The maximum Gasteiger partial charge on any atom is 0.414 e. The summed E-state index contributed by atoms with van der Waals surface area (Å²) >= 11 is 0. The number of amides is 5. The van der Waals surface area contributed by atoms with Crippen molar-refractivity contribution in [2.24, 2.45) is 42.3 Å². The molecule has 5 amide bonds. The van der Waals surface area contributed by atoms with Crippen molar-refractivity contribution in [2.75, 3.05) is 19.1 Å². The van der Waals surface area contributed by atoms with Crippen molar-refractivity contribution in [1.82, 2.24) is 25.2 Å². The number of rotatable bonds is 2. The van der Waals surface area contributed by atoms with Gasteiger partial charge in [-0.2, -0.15) is 10.3 Å². The van der Waals surface area contributed by atoms with Crippen LogP contribution in [0.4, 0.5) is 9.59 Å². The van der Waals surface area contributed by atoms with Crippen LogP contribution in [0.2, 0.25) is 0 Å². The van der Waals surface area contributed by atoms with Crippen LogP contribution in [0.3, 0.4) is 0 Å². The third-order valence-electron chi connectivity index (χ3n) is 7.21.